The van der Waals surface area contributed by atoms with Gasteiger partial charge in [-0.2, -0.15) is 0 Å². The fourth-order valence-corrected chi connectivity index (χ4v) is 2.37. The van der Waals surface area contributed by atoms with Gasteiger partial charge in [0.1, 0.15) is 0 Å². The predicted molar refractivity (Wildman–Crippen MR) is 72.4 cm³/mol. The summed E-state index contributed by atoms with van der Waals surface area (Å²) in [5.41, 5.74) is 5.69. The zero-order chi connectivity index (χ0) is 14.0. The van der Waals surface area contributed by atoms with Crippen LogP contribution in [0.5, 0.6) is 5.75 Å². The van der Waals surface area contributed by atoms with Gasteiger partial charge in [-0.15, -0.1) is 0 Å². The Morgan fingerprint density at radius 2 is 2.26 bits per heavy atom. The number of nitrogens with zero attached hydrogens (tertiary/aromatic N) is 2. The molecule has 2 rings (SSSR count). The second-order valence-electron chi connectivity index (χ2n) is 3.42. The molecule has 1 heterocycles. The third kappa shape index (κ3) is 2.79. The molecule has 7 nitrogen and oxygen atoms in total. The van der Waals surface area contributed by atoms with Gasteiger partial charge in [-0.1, -0.05) is 11.6 Å². The van der Waals surface area contributed by atoms with E-state index in [2.05, 4.69) is 36.2 Å². The Bertz CT molecular complexity index is 631. The number of methoxy groups -OCH3 is 1. The van der Waals surface area contributed by atoms with Crippen LogP contribution in [0.2, 0.25) is 5.02 Å². The first kappa shape index (κ1) is 13.6. The molecule has 0 aliphatic carbocycles. The van der Waals surface area contributed by atoms with E-state index in [9.17, 15) is 4.79 Å². The maximum Gasteiger partial charge on any atom is 0.281 e. The summed E-state index contributed by atoms with van der Waals surface area (Å²) in [6.45, 7) is 0. The van der Waals surface area contributed by atoms with Crippen molar-refractivity contribution >= 4 is 44.9 Å². The molecule has 0 saturated carbocycles. The minimum Gasteiger partial charge on any atom is -0.493 e. The molecule has 0 radical (unpaired) electrons. The quantitative estimate of drug-likeness (QED) is 0.883. The van der Waals surface area contributed by atoms with Crippen molar-refractivity contribution in [3.63, 3.8) is 0 Å². The van der Waals surface area contributed by atoms with E-state index >= 15 is 0 Å². The summed E-state index contributed by atoms with van der Waals surface area (Å²) >= 11 is 9.19. The molecule has 0 aliphatic rings. The van der Waals surface area contributed by atoms with Crippen LogP contribution in [0.4, 0.5) is 11.5 Å². The molecule has 0 bridgehead atoms. The van der Waals surface area contributed by atoms with Gasteiger partial charge in [-0.05, 0) is 38.4 Å². The normalized spacial score (nSPS) is 10.3. The molecule has 1 aromatic heterocycles. The highest BCUT2D eigenvalue weighted by Crippen LogP contribution is 2.36. The Kier molecular flexibility index (Phi) is 3.91. The number of ether oxygens (including phenoxy) is 1. The van der Waals surface area contributed by atoms with Gasteiger partial charge >= 0.3 is 0 Å². The lowest BCUT2D eigenvalue weighted by molar-refractivity contribution is 0.101. The number of nitrogens with one attached hydrogen (secondary N) is 1. The van der Waals surface area contributed by atoms with Crippen molar-refractivity contribution in [1.29, 1.82) is 0 Å². The van der Waals surface area contributed by atoms with E-state index in [0.717, 1.165) is 0 Å². The van der Waals surface area contributed by atoms with Crippen molar-refractivity contribution in [1.82, 2.24) is 10.3 Å². The summed E-state index contributed by atoms with van der Waals surface area (Å²) < 4.78 is 10.1. The lowest BCUT2D eigenvalue weighted by atomic mass is 10.2. The van der Waals surface area contributed by atoms with Crippen LogP contribution < -0.4 is 15.8 Å². The summed E-state index contributed by atoms with van der Waals surface area (Å²) in [5, 5.41) is 9.72. The van der Waals surface area contributed by atoms with Crippen molar-refractivity contribution in [3.8, 4) is 5.75 Å². The Hall–Kier alpha value is -1.80. The smallest absolute Gasteiger partial charge is 0.281 e. The van der Waals surface area contributed by atoms with Gasteiger partial charge in [-0.25, -0.2) is 4.63 Å². The number of benzene rings is 1. The van der Waals surface area contributed by atoms with E-state index in [0.29, 0.717) is 20.9 Å². The molecule has 100 valence electrons. The number of anilines is 2. The van der Waals surface area contributed by atoms with Crippen LogP contribution in [0.1, 0.15) is 10.5 Å². The number of amides is 1. The largest absolute Gasteiger partial charge is 0.493 e. The van der Waals surface area contributed by atoms with Crippen molar-refractivity contribution in [2.24, 2.45) is 0 Å². The zero-order valence-electron chi connectivity index (χ0n) is 9.61. The van der Waals surface area contributed by atoms with Gasteiger partial charge in [0.05, 0.1) is 17.3 Å². The molecule has 0 saturated heterocycles. The number of halogens is 2. The number of nitrogens with two attached hydrogens (primary N) is 1. The van der Waals surface area contributed by atoms with Gasteiger partial charge < -0.3 is 15.8 Å². The molecule has 0 fully saturated rings. The van der Waals surface area contributed by atoms with Crippen molar-refractivity contribution in [3.05, 3.63) is 27.3 Å². The first-order valence-corrected chi connectivity index (χ1v) is 6.12. The average molecular weight is 348 g/mol. The Morgan fingerprint density at radius 3 is 2.84 bits per heavy atom. The molecule has 3 N–H and O–H groups in total. The van der Waals surface area contributed by atoms with Crippen molar-refractivity contribution < 1.29 is 14.2 Å². The van der Waals surface area contributed by atoms with Crippen LogP contribution in [0.3, 0.4) is 0 Å². The lowest BCUT2D eigenvalue weighted by Crippen LogP contribution is -2.15. The summed E-state index contributed by atoms with van der Waals surface area (Å²) in [5.74, 6) is -0.253. The first-order valence-electron chi connectivity index (χ1n) is 4.95. The fraction of sp³-hybridized carbons (Fsp3) is 0.100. The van der Waals surface area contributed by atoms with Crippen LogP contribution in [0.15, 0.2) is 21.2 Å². The summed E-state index contributed by atoms with van der Waals surface area (Å²) in [6, 6.07) is 3.18. The summed E-state index contributed by atoms with van der Waals surface area (Å²) in [4.78, 5) is 11.9. The zero-order valence-corrected chi connectivity index (χ0v) is 11.9. The molecule has 0 atom stereocenters. The minimum absolute atomic E-state index is 0.0995. The average Bonchev–Trinajstić information content (AvgIpc) is 2.75. The third-order valence-electron chi connectivity index (χ3n) is 2.19. The molecule has 2 aromatic rings. The standard InChI is InChI=1S/C10H8BrClN4O3/c1-18-8-5(11)2-4(12)3-6(8)14-10(17)7-9(13)16-19-15-7/h2-3H,1H3,(H2,13,16)(H,14,17). The van der Waals surface area contributed by atoms with Crippen LogP contribution in [0, 0.1) is 0 Å². The monoisotopic (exact) mass is 346 g/mol. The molecule has 9 heteroatoms. The van der Waals surface area contributed by atoms with Crippen LogP contribution in [-0.4, -0.2) is 23.3 Å². The SMILES string of the molecule is COc1c(Br)cc(Cl)cc1NC(=O)c1nonc1N. The van der Waals surface area contributed by atoms with E-state index in [1.54, 1.807) is 6.07 Å². The minimum atomic E-state index is -0.578. The number of aromatic nitrogens is 2. The summed E-state index contributed by atoms with van der Waals surface area (Å²) in [6.07, 6.45) is 0. The Balaban J connectivity index is 2.34. The number of rotatable bonds is 3. The molecule has 19 heavy (non-hydrogen) atoms. The van der Waals surface area contributed by atoms with Crippen molar-refractivity contribution in [2.75, 3.05) is 18.2 Å². The van der Waals surface area contributed by atoms with Crippen LogP contribution in [-0.2, 0) is 0 Å². The molecular formula is C10H8BrClN4O3. The van der Waals surface area contributed by atoms with Gasteiger partial charge in [0.25, 0.3) is 5.91 Å². The molecule has 0 aliphatic heterocycles. The van der Waals surface area contributed by atoms with E-state index in [4.69, 9.17) is 22.1 Å². The maximum absolute atomic E-state index is 11.9. The van der Waals surface area contributed by atoms with E-state index < -0.39 is 5.91 Å². The molecular weight excluding hydrogens is 339 g/mol. The van der Waals surface area contributed by atoms with E-state index in [-0.39, 0.29) is 11.5 Å². The topological polar surface area (TPSA) is 103 Å². The highest BCUT2D eigenvalue weighted by molar-refractivity contribution is 9.10. The second-order valence-corrected chi connectivity index (χ2v) is 4.71. The highest BCUT2D eigenvalue weighted by Gasteiger charge is 2.19. The van der Waals surface area contributed by atoms with E-state index in [1.807, 2.05) is 0 Å². The van der Waals surface area contributed by atoms with Crippen molar-refractivity contribution in [2.45, 2.75) is 0 Å². The molecule has 1 amide bonds. The highest BCUT2D eigenvalue weighted by atomic mass is 79.9. The number of hydrogen-bond acceptors (Lipinski definition) is 6. The van der Waals surface area contributed by atoms with Crippen LogP contribution in [0.25, 0.3) is 0 Å². The number of carbonyl (C=O) groups excluding carboxylic acids is 1. The fourth-order valence-electron chi connectivity index (χ4n) is 1.40. The number of hydrogen-bond donors (Lipinski definition) is 2. The lowest BCUT2D eigenvalue weighted by Gasteiger charge is -2.11. The number of nitrogen functional groups attached to an aromatic ring is 1. The molecule has 1 aromatic carbocycles. The van der Waals surface area contributed by atoms with Crippen LogP contribution >= 0.6 is 27.5 Å². The van der Waals surface area contributed by atoms with Gasteiger partial charge in [0.2, 0.25) is 11.5 Å². The predicted octanol–water partition coefficient (Wildman–Crippen LogP) is 2.33. The van der Waals surface area contributed by atoms with Gasteiger partial charge in [0, 0.05) is 5.02 Å². The first-order chi connectivity index (χ1) is 9.02. The Labute approximate surface area is 121 Å². The summed E-state index contributed by atoms with van der Waals surface area (Å²) in [7, 11) is 1.47. The Morgan fingerprint density at radius 1 is 1.53 bits per heavy atom. The second kappa shape index (κ2) is 5.45. The number of carbonyl (C=O) groups is 1. The third-order valence-corrected chi connectivity index (χ3v) is 3.00. The molecule has 0 unspecified atom stereocenters. The van der Waals surface area contributed by atoms with Gasteiger partial charge in [-0.3, -0.25) is 4.79 Å². The maximum atomic E-state index is 11.9. The molecule has 0 spiro atoms. The van der Waals surface area contributed by atoms with Gasteiger partial charge in [0.15, 0.2) is 5.75 Å². The van der Waals surface area contributed by atoms with E-state index in [1.165, 1.54) is 13.2 Å².